The zero-order chi connectivity index (χ0) is 21.5. The van der Waals surface area contributed by atoms with Gasteiger partial charge in [-0.25, -0.2) is 0 Å². The topological polar surface area (TPSA) is 26.0 Å². The van der Waals surface area contributed by atoms with E-state index in [1.807, 2.05) is 6.20 Å². The molecule has 6 rings (SSSR count). The van der Waals surface area contributed by atoms with Gasteiger partial charge in [0.05, 0.1) is 5.69 Å². The second-order valence-electron chi connectivity index (χ2n) is 10.0. The summed E-state index contributed by atoms with van der Waals surface area (Å²) in [5.41, 5.74) is 9.24. The van der Waals surface area contributed by atoms with Gasteiger partial charge in [-0.05, 0) is 46.9 Å². The van der Waals surface area contributed by atoms with E-state index in [4.69, 9.17) is 9.40 Å². The fourth-order valence-electron chi connectivity index (χ4n) is 5.61. The van der Waals surface area contributed by atoms with E-state index in [1.165, 1.54) is 49.4 Å². The molecule has 0 radical (unpaired) electrons. The molecule has 2 aromatic heterocycles. The summed E-state index contributed by atoms with van der Waals surface area (Å²) < 4.78 is 6.64. The van der Waals surface area contributed by atoms with Crippen LogP contribution in [0.2, 0.25) is 0 Å². The summed E-state index contributed by atoms with van der Waals surface area (Å²) >= 11 is 0. The Balaban J connectivity index is 1.87. The van der Waals surface area contributed by atoms with Crippen molar-refractivity contribution in [1.82, 2.24) is 4.98 Å². The summed E-state index contributed by atoms with van der Waals surface area (Å²) in [4.78, 5) is 5.04. The summed E-state index contributed by atoms with van der Waals surface area (Å²) in [6, 6.07) is 17.7. The van der Waals surface area contributed by atoms with E-state index >= 15 is 0 Å². The molecule has 0 atom stereocenters. The van der Waals surface area contributed by atoms with Gasteiger partial charge in [0.1, 0.15) is 11.2 Å². The van der Waals surface area contributed by atoms with Crippen molar-refractivity contribution in [2.75, 3.05) is 0 Å². The lowest BCUT2D eigenvalue weighted by Gasteiger charge is -2.29. The number of aromatic nitrogens is 1. The van der Waals surface area contributed by atoms with Gasteiger partial charge >= 0.3 is 0 Å². The minimum Gasteiger partial charge on any atom is -0.455 e. The lowest BCUT2D eigenvalue weighted by atomic mass is 9.74. The number of nitrogens with zero attached hydrogens (tertiary/aromatic N) is 1. The van der Waals surface area contributed by atoms with Crippen molar-refractivity contribution in [2.45, 2.75) is 46.5 Å². The van der Waals surface area contributed by atoms with Crippen molar-refractivity contribution < 1.29 is 4.42 Å². The predicted molar refractivity (Wildman–Crippen MR) is 130 cm³/mol. The lowest BCUT2D eigenvalue weighted by Crippen LogP contribution is -2.21. The molecule has 31 heavy (non-hydrogen) atoms. The van der Waals surface area contributed by atoms with Crippen LogP contribution in [-0.4, -0.2) is 4.98 Å². The largest absolute Gasteiger partial charge is 0.455 e. The van der Waals surface area contributed by atoms with Crippen LogP contribution in [0.3, 0.4) is 0 Å². The Bertz CT molecular complexity index is 1520. The first-order valence-electron chi connectivity index (χ1n) is 11.2. The zero-order valence-corrected chi connectivity index (χ0v) is 18.8. The molecule has 0 aliphatic heterocycles. The predicted octanol–water partition coefficient (Wildman–Crippen LogP) is 7.95. The molecule has 2 nitrogen and oxygen atoms in total. The first kappa shape index (κ1) is 18.6. The fraction of sp³-hybridized carbons (Fsp3) is 0.276. The molecule has 0 bridgehead atoms. The highest BCUT2D eigenvalue weighted by Gasteiger charge is 2.36. The molecule has 1 aliphatic rings. The highest BCUT2D eigenvalue weighted by molar-refractivity contribution is 6.17. The van der Waals surface area contributed by atoms with Gasteiger partial charge in [-0.3, -0.25) is 4.98 Å². The van der Waals surface area contributed by atoms with Crippen molar-refractivity contribution in [3.63, 3.8) is 0 Å². The van der Waals surface area contributed by atoms with Crippen LogP contribution in [0.1, 0.15) is 49.9 Å². The fourth-order valence-corrected chi connectivity index (χ4v) is 5.61. The summed E-state index contributed by atoms with van der Waals surface area (Å²) in [6.45, 7) is 11.4. The minimum absolute atomic E-state index is 0.207. The SMILES string of the molecule is Cc1ccc2c3c1oc1c(CC(C)C)ccc(c13)C(C)(C)c1c-2ncc2ccccc12. The normalized spacial score (nSPS) is 14.6. The van der Waals surface area contributed by atoms with Crippen LogP contribution in [0, 0.1) is 12.8 Å². The summed E-state index contributed by atoms with van der Waals surface area (Å²) in [5, 5.41) is 4.98. The monoisotopic (exact) mass is 405 g/mol. The van der Waals surface area contributed by atoms with Crippen LogP contribution in [0.25, 0.3) is 44.0 Å². The summed E-state index contributed by atoms with van der Waals surface area (Å²) in [6.07, 6.45) is 3.03. The van der Waals surface area contributed by atoms with E-state index in [2.05, 4.69) is 83.1 Å². The van der Waals surface area contributed by atoms with Gasteiger partial charge in [-0.15, -0.1) is 0 Å². The first-order valence-corrected chi connectivity index (χ1v) is 11.2. The molecule has 0 saturated carbocycles. The molecule has 0 amide bonds. The molecule has 2 heterocycles. The maximum atomic E-state index is 6.64. The van der Waals surface area contributed by atoms with Crippen LogP contribution in [0.4, 0.5) is 0 Å². The third-order valence-corrected chi connectivity index (χ3v) is 7.03. The van der Waals surface area contributed by atoms with Gasteiger partial charge in [-0.2, -0.15) is 0 Å². The average Bonchev–Trinajstić information content (AvgIpc) is 3.11. The molecule has 154 valence electrons. The van der Waals surface area contributed by atoms with Gasteiger partial charge in [0, 0.05) is 33.3 Å². The molecule has 0 N–H and O–H groups in total. The smallest absolute Gasteiger partial charge is 0.139 e. The van der Waals surface area contributed by atoms with Crippen molar-refractivity contribution >= 4 is 32.7 Å². The highest BCUT2D eigenvalue weighted by atomic mass is 16.3. The molecule has 0 fully saturated rings. The number of aryl methyl sites for hydroxylation is 1. The van der Waals surface area contributed by atoms with Crippen LogP contribution in [0.5, 0.6) is 0 Å². The molecule has 0 saturated heterocycles. The Kier molecular flexibility index (Phi) is 3.72. The van der Waals surface area contributed by atoms with Gasteiger partial charge in [0.25, 0.3) is 0 Å². The van der Waals surface area contributed by atoms with E-state index in [1.54, 1.807) is 0 Å². The van der Waals surface area contributed by atoms with Gasteiger partial charge in [0.2, 0.25) is 0 Å². The molecule has 1 aliphatic carbocycles. The molecule has 2 heteroatoms. The maximum absolute atomic E-state index is 6.64. The first-order chi connectivity index (χ1) is 14.9. The number of hydrogen-bond acceptors (Lipinski definition) is 2. The van der Waals surface area contributed by atoms with E-state index < -0.39 is 0 Å². The molecule has 3 aromatic carbocycles. The molecular weight excluding hydrogens is 378 g/mol. The van der Waals surface area contributed by atoms with E-state index in [-0.39, 0.29) is 5.41 Å². The summed E-state index contributed by atoms with van der Waals surface area (Å²) in [5.74, 6) is 0.573. The molecule has 5 aromatic rings. The van der Waals surface area contributed by atoms with E-state index in [0.29, 0.717) is 5.92 Å². The maximum Gasteiger partial charge on any atom is 0.139 e. The quantitative estimate of drug-likeness (QED) is 0.298. The number of hydrogen-bond donors (Lipinski definition) is 0. The van der Waals surface area contributed by atoms with Gasteiger partial charge in [-0.1, -0.05) is 76.2 Å². The Morgan fingerprint density at radius 1 is 0.935 bits per heavy atom. The Morgan fingerprint density at radius 2 is 1.74 bits per heavy atom. The van der Waals surface area contributed by atoms with Crippen molar-refractivity contribution in [3.05, 3.63) is 77.0 Å². The summed E-state index contributed by atoms with van der Waals surface area (Å²) in [7, 11) is 0. The van der Waals surface area contributed by atoms with Gasteiger partial charge < -0.3 is 4.42 Å². The van der Waals surface area contributed by atoms with Crippen LogP contribution >= 0.6 is 0 Å². The average molecular weight is 406 g/mol. The number of pyridine rings is 1. The molecule has 0 spiro atoms. The standard InChI is InChI=1S/C29H27NO/c1-16(2)14-18-11-13-22-24-23-21(12-10-17(3)27(23)31-28(18)24)26-25(29(22,4)5)20-9-7-6-8-19(20)15-30-26/h6-13,15-16H,14H2,1-5H3. The molecular formula is C29H27NO. The van der Waals surface area contributed by atoms with Crippen molar-refractivity contribution in [3.8, 4) is 11.3 Å². The van der Waals surface area contributed by atoms with Crippen LogP contribution in [-0.2, 0) is 11.8 Å². The number of furan rings is 1. The Hall–Kier alpha value is -3.13. The number of rotatable bonds is 2. The van der Waals surface area contributed by atoms with E-state index in [9.17, 15) is 0 Å². The third kappa shape index (κ3) is 2.42. The second-order valence-corrected chi connectivity index (χ2v) is 10.0. The van der Waals surface area contributed by atoms with Crippen LogP contribution < -0.4 is 0 Å². The Labute approximate surface area is 182 Å². The zero-order valence-electron chi connectivity index (χ0n) is 18.8. The number of benzene rings is 3. The number of fused-ring (bicyclic) bond motifs is 4. The van der Waals surface area contributed by atoms with E-state index in [0.717, 1.165) is 23.3 Å². The van der Waals surface area contributed by atoms with Crippen molar-refractivity contribution in [2.24, 2.45) is 5.92 Å². The van der Waals surface area contributed by atoms with Crippen LogP contribution in [0.15, 0.2) is 59.1 Å². The lowest BCUT2D eigenvalue weighted by molar-refractivity contribution is 0.617. The molecule has 0 unspecified atom stereocenters. The third-order valence-electron chi connectivity index (χ3n) is 7.03. The highest BCUT2D eigenvalue weighted by Crippen LogP contribution is 2.51. The Morgan fingerprint density at radius 3 is 2.55 bits per heavy atom. The second kappa shape index (κ2) is 6.20. The van der Waals surface area contributed by atoms with Gasteiger partial charge in [0.15, 0.2) is 0 Å². The minimum atomic E-state index is -0.207. The van der Waals surface area contributed by atoms with Crippen molar-refractivity contribution in [1.29, 1.82) is 0 Å².